The molecule has 0 aromatic heterocycles. The summed E-state index contributed by atoms with van der Waals surface area (Å²) in [6.45, 7) is 3.01. The van der Waals surface area contributed by atoms with E-state index in [1.807, 2.05) is 0 Å². The molecular weight excluding hydrogens is 332 g/mol. The summed E-state index contributed by atoms with van der Waals surface area (Å²) in [6.07, 6.45) is 4.95. The first-order chi connectivity index (χ1) is 10.3. The maximum Gasteiger partial charge on any atom is 0.175 e. The fourth-order valence-electron chi connectivity index (χ4n) is 2.66. The Kier molecular flexibility index (Phi) is 5.03. The van der Waals surface area contributed by atoms with Crippen LogP contribution in [0.25, 0.3) is 0 Å². The number of nitrogens with one attached hydrogen (secondary N) is 1. The number of benzene rings is 1. The lowest BCUT2D eigenvalue weighted by Gasteiger charge is -2.20. The van der Waals surface area contributed by atoms with Gasteiger partial charge in [0.25, 0.3) is 0 Å². The van der Waals surface area contributed by atoms with Crippen LogP contribution in [0.15, 0.2) is 16.6 Å². The van der Waals surface area contributed by atoms with E-state index in [9.17, 15) is 0 Å². The van der Waals surface area contributed by atoms with Crippen molar-refractivity contribution < 1.29 is 9.47 Å². The van der Waals surface area contributed by atoms with Crippen molar-refractivity contribution in [2.45, 2.75) is 31.7 Å². The molecular formula is C16H23BrN2O2. The van der Waals surface area contributed by atoms with Crippen molar-refractivity contribution in [2.24, 2.45) is 11.7 Å². The van der Waals surface area contributed by atoms with Gasteiger partial charge in [-0.1, -0.05) is 12.8 Å². The summed E-state index contributed by atoms with van der Waals surface area (Å²) < 4.78 is 12.5. The van der Waals surface area contributed by atoms with Gasteiger partial charge in [-0.05, 0) is 52.5 Å². The summed E-state index contributed by atoms with van der Waals surface area (Å²) in [6, 6.07) is 4.32. The highest BCUT2D eigenvalue weighted by atomic mass is 79.9. The standard InChI is InChI=1S/C16H23BrN2O2/c17-13-8-12(9-15-16(13)21-7-1-6-20-15)14(10-18)19-5-4-11-2-3-11/h8-9,11,14,19H,1-7,10,18H2. The average molecular weight is 355 g/mol. The lowest BCUT2D eigenvalue weighted by molar-refractivity contribution is 0.296. The van der Waals surface area contributed by atoms with Gasteiger partial charge in [0.1, 0.15) is 0 Å². The molecule has 0 amide bonds. The molecule has 1 fully saturated rings. The number of hydrogen-bond acceptors (Lipinski definition) is 4. The molecule has 1 aliphatic heterocycles. The molecule has 0 spiro atoms. The van der Waals surface area contributed by atoms with Crippen molar-refractivity contribution in [3.63, 3.8) is 0 Å². The second kappa shape index (κ2) is 6.99. The molecule has 21 heavy (non-hydrogen) atoms. The fourth-order valence-corrected chi connectivity index (χ4v) is 3.23. The van der Waals surface area contributed by atoms with E-state index in [1.54, 1.807) is 0 Å². The summed E-state index contributed by atoms with van der Waals surface area (Å²) >= 11 is 3.59. The van der Waals surface area contributed by atoms with Crippen LogP contribution in [0.5, 0.6) is 11.5 Å². The molecule has 1 aromatic carbocycles. The Balaban J connectivity index is 1.72. The van der Waals surface area contributed by atoms with Gasteiger partial charge in [-0.25, -0.2) is 0 Å². The molecule has 1 saturated carbocycles. The first kappa shape index (κ1) is 15.1. The first-order valence-electron chi connectivity index (χ1n) is 7.80. The minimum atomic E-state index is 0.164. The van der Waals surface area contributed by atoms with Crippen LogP contribution in [0.1, 0.15) is 37.3 Å². The highest BCUT2D eigenvalue weighted by Gasteiger charge is 2.22. The third kappa shape index (κ3) is 3.90. The largest absolute Gasteiger partial charge is 0.490 e. The van der Waals surface area contributed by atoms with Gasteiger partial charge in [0.05, 0.1) is 17.7 Å². The van der Waals surface area contributed by atoms with Crippen LogP contribution in [0.3, 0.4) is 0 Å². The van der Waals surface area contributed by atoms with Crippen LogP contribution in [0, 0.1) is 5.92 Å². The smallest absolute Gasteiger partial charge is 0.175 e. The Bertz CT molecular complexity index is 491. The Morgan fingerprint density at radius 3 is 2.86 bits per heavy atom. The van der Waals surface area contributed by atoms with Crippen molar-refractivity contribution in [3.8, 4) is 11.5 Å². The predicted octanol–water partition coefficient (Wildman–Crippen LogP) is 3.00. The van der Waals surface area contributed by atoms with E-state index >= 15 is 0 Å². The zero-order valence-electron chi connectivity index (χ0n) is 12.2. The molecule has 1 aliphatic carbocycles. The number of hydrogen-bond donors (Lipinski definition) is 2. The lowest BCUT2D eigenvalue weighted by Crippen LogP contribution is -2.29. The van der Waals surface area contributed by atoms with Crippen LogP contribution in [0.2, 0.25) is 0 Å². The van der Waals surface area contributed by atoms with Crippen LogP contribution in [-0.4, -0.2) is 26.3 Å². The minimum Gasteiger partial charge on any atom is -0.490 e. The monoisotopic (exact) mass is 354 g/mol. The van der Waals surface area contributed by atoms with Crippen molar-refractivity contribution in [2.75, 3.05) is 26.3 Å². The topological polar surface area (TPSA) is 56.5 Å². The van der Waals surface area contributed by atoms with Gasteiger partial charge in [-0.3, -0.25) is 0 Å². The highest BCUT2D eigenvalue weighted by Crippen LogP contribution is 2.39. The minimum absolute atomic E-state index is 0.164. The molecule has 4 nitrogen and oxygen atoms in total. The molecule has 2 aliphatic rings. The quantitative estimate of drug-likeness (QED) is 0.824. The number of rotatable bonds is 6. The molecule has 3 N–H and O–H groups in total. The van der Waals surface area contributed by atoms with E-state index in [1.165, 1.54) is 19.3 Å². The molecule has 116 valence electrons. The second-order valence-corrected chi connectivity index (χ2v) is 6.71. The Morgan fingerprint density at radius 1 is 1.29 bits per heavy atom. The number of nitrogens with two attached hydrogens (primary N) is 1. The molecule has 0 bridgehead atoms. The van der Waals surface area contributed by atoms with Crippen LogP contribution in [-0.2, 0) is 0 Å². The van der Waals surface area contributed by atoms with E-state index in [0.717, 1.165) is 40.4 Å². The third-order valence-electron chi connectivity index (χ3n) is 4.10. The fraction of sp³-hybridized carbons (Fsp3) is 0.625. The molecule has 3 rings (SSSR count). The SMILES string of the molecule is NCC(NCCC1CC1)c1cc(Br)c2c(c1)OCCCO2. The summed E-state index contributed by atoms with van der Waals surface area (Å²) in [5, 5.41) is 3.56. The van der Waals surface area contributed by atoms with Gasteiger partial charge < -0.3 is 20.5 Å². The maximum atomic E-state index is 5.94. The van der Waals surface area contributed by atoms with E-state index in [2.05, 4.69) is 33.4 Å². The van der Waals surface area contributed by atoms with Crippen molar-refractivity contribution in [1.82, 2.24) is 5.32 Å². The van der Waals surface area contributed by atoms with Crippen LogP contribution < -0.4 is 20.5 Å². The zero-order chi connectivity index (χ0) is 14.7. The van der Waals surface area contributed by atoms with Crippen LogP contribution >= 0.6 is 15.9 Å². The normalized spacial score (nSPS) is 19.1. The molecule has 1 aromatic rings. The summed E-state index contributed by atoms with van der Waals surface area (Å²) in [4.78, 5) is 0. The first-order valence-corrected chi connectivity index (χ1v) is 8.59. The zero-order valence-corrected chi connectivity index (χ0v) is 13.8. The Morgan fingerprint density at radius 2 is 2.10 bits per heavy atom. The van der Waals surface area contributed by atoms with E-state index in [-0.39, 0.29) is 6.04 Å². The number of ether oxygens (including phenoxy) is 2. The van der Waals surface area contributed by atoms with Gasteiger partial charge in [0, 0.05) is 19.0 Å². The molecule has 0 radical (unpaired) electrons. The molecule has 0 saturated heterocycles. The lowest BCUT2D eigenvalue weighted by atomic mass is 10.1. The molecule has 1 heterocycles. The Hall–Kier alpha value is -0.780. The van der Waals surface area contributed by atoms with Crippen LogP contribution in [0.4, 0.5) is 0 Å². The summed E-state index contributed by atoms with van der Waals surface area (Å²) in [5.74, 6) is 2.57. The maximum absolute atomic E-state index is 5.94. The summed E-state index contributed by atoms with van der Waals surface area (Å²) in [7, 11) is 0. The summed E-state index contributed by atoms with van der Waals surface area (Å²) in [5.41, 5.74) is 7.10. The van der Waals surface area contributed by atoms with Gasteiger partial charge in [0.2, 0.25) is 0 Å². The number of fused-ring (bicyclic) bond motifs is 1. The molecule has 1 atom stereocenters. The highest BCUT2D eigenvalue weighted by molar-refractivity contribution is 9.10. The van der Waals surface area contributed by atoms with Gasteiger partial charge >= 0.3 is 0 Å². The average Bonchev–Trinajstić information content (AvgIpc) is 3.30. The predicted molar refractivity (Wildman–Crippen MR) is 86.9 cm³/mol. The Labute approximate surface area is 134 Å². The van der Waals surface area contributed by atoms with Crippen molar-refractivity contribution >= 4 is 15.9 Å². The van der Waals surface area contributed by atoms with Gasteiger partial charge in [0.15, 0.2) is 11.5 Å². The van der Waals surface area contributed by atoms with Crippen molar-refractivity contribution in [3.05, 3.63) is 22.2 Å². The van der Waals surface area contributed by atoms with Gasteiger partial charge in [-0.2, -0.15) is 0 Å². The number of halogens is 1. The van der Waals surface area contributed by atoms with E-state index in [4.69, 9.17) is 15.2 Å². The van der Waals surface area contributed by atoms with E-state index < -0.39 is 0 Å². The van der Waals surface area contributed by atoms with Crippen molar-refractivity contribution in [1.29, 1.82) is 0 Å². The van der Waals surface area contributed by atoms with E-state index in [0.29, 0.717) is 19.8 Å². The molecule has 1 unspecified atom stereocenters. The second-order valence-electron chi connectivity index (χ2n) is 5.85. The third-order valence-corrected chi connectivity index (χ3v) is 4.69. The molecule has 5 heteroatoms. The van der Waals surface area contributed by atoms with Gasteiger partial charge in [-0.15, -0.1) is 0 Å².